The van der Waals surface area contributed by atoms with Crippen LogP contribution in [0.4, 0.5) is 0 Å². The third kappa shape index (κ3) is 6.83. The lowest BCUT2D eigenvalue weighted by atomic mass is 9.86. The highest BCUT2D eigenvalue weighted by molar-refractivity contribution is 5.73. The van der Waals surface area contributed by atoms with Crippen molar-refractivity contribution in [3.8, 4) is 0 Å². The number of carbonyl (C=O) groups is 1. The van der Waals surface area contributed by atoms with Gasteiger partial charge in [-0.3, -0.25) is 4.79 Å². The molecule has 0 radical (unpaired) electrons. The summed E-state index contributed by atoms with van der Waals surface area (Å²) >= 11 is 0. The van der Waals surface area contributed by atoms with Gasteiger partial charge in [0.1, 0.15) is 18.3 Å². The molecule has 10 heteroatoms. The molecule has 10 atom stereocenters. The Bertz CT molecular complexity index is 606. The molecular weight excluding hydrogens is 420 g/mol. The summed E-state index contributed by atoms with van der Waals surface area (Å²) in [6, 6.07) is -1.43. The van der Waals surface area contributed by atoms with Crippen LogP contribution in [-0.4, -0.2) is 101 Å². The molecule has 2 aliphatic rings. The molecule has 32 heavy (non-hydrogen) atoms. The number of rotatable bonds is 9. The Balaban J connectivity index is 1.92. The maximum atomic E-state index is 11.5. The zero-order valence-electron chi connectivity index (χ0n) is 20.1. The average molecular weight is 463 g/mol. The molecule has 2 aliphatic heterocycles. The summed E-state index contributed by atoms with van der Waals surface area (Å²) in [6.45, 7) is 11.4. The summed E-state index contributed by atoms with van der Waals surface area (Å²) < 4.78 is 23.5. The summed E-state index contributed by atoms with van der Waals surface area (Å²) in [7, 11) is 0. The van der Waals surface area contributed by atoms with E-state index in [0.29, 0.717) is 6.61 Å². The highest BCUT2D eigenvalue weighted by Crippen LogP contribution is 2.28. The minimum atomic E-state index is -1.18. The fraction of sp³-hybridized carbons (Fsp3) is 0.955. The molecule has 188 valence electrons. The molecule has 6 N–H and O–H groups in total. The third-order valence-corrected chi connectivity index (χ3v) is 6.70. The van der Waals surface area contributed by atoms with Gasteiger partial charge in [0, 0.05) is 12.8 Å². The van der Waals surface area contributed by atoms with Gasteiger partial charge in [-0.1, -0.05) is 6.92 Å². The number of hydrogen-bond donors (Lipinski definition) is 5. The Kier molecular flexibility index (Phi) is 9.87. The number of amides is 1. The first-order chi connectivity index (χ1) is 14.9. The minimum absolute atomic E-state index is 0.0570. The Morgan fingerprint density at radius 2 is 1.62 bits per heavy atom. The van der Waals surface area contributed by atoms with Gasteiger partial charge in [0.15, 0.2) is 0 Å². The van der Waals surface area contributed by atoms with Crippen molar-refractivity contribution >= 4 is 5.91 Å². The maximum absolute atomic E-state index is 11.5. The predicted molar refractivity (Wildman–Crippen MR) is 117 cm³/mol. The first-order valence-corrected chi connectivity index (χ1v) is 11.5. The minimum Gasteiger partial charge on any atom is -0.391 e. The molecule has 2 heterocycles. The fourth-order valence-electron chi connectivity index (χ4n) is 4.07. The van der Waals surface area contributed by atoms with Crippen LogP contribution in [0.15, 0.2) is 0 Å². The van der Waals surface area contributed by atoms with Crippen LogP contribution in [0.25, 0.3) is 0 Å². The van der Waals surface area contributed by atoms with Gasteiger partial charge in [0.25, 0.3) is 0 Å². The number of nitrogens with one attached hydrogen (secondary N) is 1. The Labute approximate surface area is 190 Å². The summed E-state index contributed by atoms with van der Waals surface area (Å²) in [6.07, 6.45) is -4.31. The molecule has 0 spiro atoms. The Morgan fingerprint density at radius 1 is 1.00 bits per heavy atom. The van der Waals surface area contributed by atoms with Crippen molar-refractivity contribution in [1.29, 1.82) is 0 Å². The van der Waals surface area contributed by atoms with Gasteiger partial charge >= 0.3 is 0 Å². The monoisotopic (exact) mass is 462 g/mol. The summed E-state index contributed by atoms with van der Waals surface area (Å²) in [5.74, 6) is -0.712. The molecular formula is C22H42N2O8. The summed E-state index contributed by atoms with van der Waals surface area (Å²) in [5.41, 5.74) is 5.95. The lowest BCUT2D eigenvalue weighted by Crippen LogP contribution is -2.64. The predicted octanol–water partition coefficient (Wildman–Crippen LogP) is -0.686. The van der Waals surface area contributed by atoms with Crippen LogP contribution in [0.3, 0.4) is 0 Å². The van der Waals surface area contributed by atoms with E-state index in [1.165, 1.54) is 6.92 Å². The van der Waals surface area contributed by atoms with Crippen molar-refractivity contribution in [3.63, 3.8) is 0 Å². The van der Waals surface area contributed by atoms with E-state index in [1.807, 2.05) is 27.7 Å². The molecule has 10 nitrogen and oxygen atoms in total. The lowest BCUT2D eigenvalue weighted by molar-refractivity contribution is -0.204. The Morgan fingerprint density at radius 3 is 2.22 bits per heavy atom. The van der Waals surface area contributed by atoms with Gasteiger partial charge in [-0.25, -0.2) is 0 Å². The van der Waals surface area contributed by atoms with E-state index >= 15 is 0 Å². The first-order valence-electron chi connectivity index (χ1n) is 11.5. The van der Waals surface area contributed by atoms with E-state index in [4.69, 9.17) is 24.7 Å². The average Bonchev–Trinajstić information content (AvgIpc) is 2.73. The number of ether oxygens (including phenoxy) is 4. The van der Waals surface area contributed by atoms with Crippen molar-refractivity contribution in [3.05, 3.63) is 0 Å². The summed E-state index contributed by atoms with van der Waals surface area (Å²) in [4.78, 5) is 11.5. The van der Waals surface area contributed by atoms with Gasteiger partial charge in [-0.2, -0.15) is 0 Å². The van der Waals surface area contributed by atoms with E-state index in [0.717, 1.165) is 6.42 Å². The molecule has 10 unspecified atom stereocenters. The largest absolute Gasteiger partial charge is 0.391 e. The van der Waals surface area contributed by atoms with Gasteiger partial charge in [0.05, 0.1) is 61.9 Å². The topological polar surface area (TPSA) is 153 Å². The quantitative estimate of drug-likeness (QED) is 0.300. The molecule has 0 aliphatic carbocycles. The van der Waals surface area contributed by atoms with Crippen LogP contribution in [-0.2, 0) is 23.7 Å². The molecule has 0 aromatic rings. The van der Waals surface area contributed by atoms with Crippen LogP contribution >= 0.6 is 0 Å². The normalized spacial score (nSPS) is 40.8. The molecule has 2 fully saturated rings. The van der Waals surface area contributed by atoms with E-state index < -0.39 is 48.7 Å². The second kappa shape index (κ2) is 11.5. The first kappa shape index (κ1) is 27.4. The van der Waals surface area contributed by atoms with E-state index in [2.05, 4.69) is 5.32 Å². The second-order valence-electron chi connectivity index (χ2n) is 9.66. The van der Waals surface area contributed by atoms with Gasteiger partial charge in [0.2, 0.25) is 5.91 Å². The highest BCUT2D eigenvalue weighted by atomic mass is 16.6. The third-order valence-electron chi connectivity index (χ3n) is 6.70. The molecule has 0 saturated carbocycles. The van der Waals surface area contributed by atoms with Crippen LogP contribution in [0.5, 0.6) is 0 Å². The van der Waals surface area contributed by atoms with Crippen LogP contribution < -0.4 is 11.1 Å². The molecule has 2 rings (SSSR count). The SMILES string of the molecule is CCC(C)(C)OCC1OC(C)C(COCC2OC(C)C(O)C(O)C2NC(C)=O)C(O)C1N. The molecule has 0 aromatic carbocycles. The van der Waals surface area contributed by atoms with Crippen molar-refractivity contribution in [2.75, 3.05) is 19.8 Å². The van der Waals surface area contributed by atoms with E-state index in [1.54, 1.807) is 6.92 Å². The van der Waals surface area contributed by atoms with Crippen LogP contribution in [0.1, 0.15) is 48.0 Å². The number of carbonyl (C=O) groups excluding carboxylic acids is 1. The number of hydrogen-bond acceptors (Lipinski definition) is 9. The van der Waals surface area contributed by atoms with Crippen molar-refractivity contribution in [2.24, 2.45) is 11.7 Å². The van der Waals surface area contributed by atoms with Gasteiger partial charge in [-0.05, 0) is 34.1 Å². The zero-order chi connectivity index (χ0) is 24.2. The molecule has 0 bridgehead atoms. The molecule has 2 saturated heterocycles. The maximum Gasteiger partial charge on any atom is 0.217 e. The van der Waals surface area contributed by atoms with Crippen LogP contribution in [0.2, 0.25) is 0 Å². The zero-order valence-corrected chi connectivity index (χ0v) is 20.1. The van der Waals surface area contributed by atoms with Gasteiger partial charge < -0.3 is 45.3 Å². The standard InChI is InChI=1S/C22H42N2O8/c1-7-22(5,6)30-10-15-17(23)20(27)14(11(2)31-15)8-29-9-16-18(24-13(4)25)21(28)19(26)12(3)32-16/h11-12,14-21,26-28H,7-10,23H2,1-6H3,(H,24,25). The fourth-order valence-corrected chi connectivity index (χ4v) is 4.07. The number of aliphatic hydroxyl groups is 3. The molecule has 0 aromatic heterocycles. The van der Waals surface area contributed by atoms with Crippen LogP contribution in [0, 0.1) is 5.92 Å². The number of aliphatic hydroxyl groups excluding tert-OH is 3. The lowest BCUT2D eigenvalue weighted by Gasteiger charge is -2.44. The smallest absolute Gasteiger partial charge is 0.217 e. The van der Waals surface area contributed by atoms with E-state index in [-0.39, 0.29) is 36.7 Å². The summed E-state index contributed by atoms with van der Waals surface area (Å²) in [5, 5.41) is 33.8. The highest BCUT2D eigenvalue weighted by Gasteiger charge is 2.45. The Hall–Kier alpha value is -0.850. The number of nitrogens with two attached hydrogens (primary N) is 1. The second-order valence-corrected chi connectivity index (χ2v) is 9.66. The van der Waals surface area contributed by atoms with E-state index in [9.17, 15) is 20.1 Å². The van der Waals surface area contributed by atoms with Gasteiger partial charge in [-0.15, -0.1) is 0 Å². The van der Waals surface area contributed by atoms with Crippen molar-refractivity contribution in [1.82, 2.24) is 5.32 Å². The van der Waals surface area contributed by atoms with Crippen molar-refractivity contribution in [2.45, 2.75) is 108 Å². The van der Waals surface area contributed by atoms with Crippen molar-refractivity contribution < 1.29 is 39.1 Å². The molecule has 1 amide bonds.